The van der Waals surface area contributed by atoms with Crippen molar-refractivity contribution in [2.45, 2.75) is 0 Å². The Morgan fingerprint density at radius 3 is 2.77 bits per heavy atom. The van der Waals surface area contributed by atoms with Crippen LogP contribution in [0.4, 0.5) is 10.1 Å². The van der Waals surface area contributed by atoms with Crippen molar-refractivity contribution >= 4 is 29.5 Å². The molecular formula is C15H12ClFN2O3. The minimum atomic E-state index is -1.07. The third-order valence-electron chi connectivity index (χ3n) is 2.79. The maximum Gasteiger partial charge on any atom is 0.335 e. The summed E-state index contributed by atoms with van der Waals surface area (Å²) < 4.78 is 18.3. The fourth-order valence-electron chi connectivity index (χ4n) is 1.68. The Bertz CT molecular complexity index is 735. The van der Waals surface area contributed by atoms with Gasteiger partial charge >= 0.3 is 5.97 Å². The Labute approximate surface area is 131 Å². The maximum atomic E-state index is 13.5. The zero-order valence-electron chi connectivity index (χ0n) is 11.5. The highest BCUT2D eigenvalue weighted by Gasteiger charge is 2.06. The lowest BCUT2D eigenvalue weighted by atomic mass is 10.2. The number of halogens is 2. The van der Waals surface area contributed by atoms with Gasteiger partial charge in [-0.1, -0.05) is 11.6 Å². The van der Waals surface area contributed by atoms with E-state index < -0.39 is 11.8 Å². The van der Waals surface area contributed by atoms with Crippen LogP contribution in [0.2, 0.25) is 5.02 Å². The molecule has 7 heteroatoms. The number of hydrazone groups is 1. The topological polar surface area (TPSA) is 70.9 Å². The largest absolute Gasteiger partial charge is 0.494 e. The van der Waals surface area contributed by atoms with Crippen LogP contribution in [0.5, 0.6) is 5.75 Å². The number of ether oxygens (including phenoxy) is 1. The summed E-state index contributed by atoms with van der Waals surface area (Å²) in [5.41, 5.74) is 3.56. The minimum Gasteiger partial charge on any atom is -0.494 e. The summed E-state index contributed by atoms with van der Waals surface area (Å²) in [7, 11) is 1.38. The van der Waals surface area contributed by atoms with Crippen molar-refractivity contribution in [3.63, 3.8) is 0 Å². The molecule has 2 aromatic rings. The van der Waals surface area contributed by atoms with E-state index in [-0.39, 0.29) is 11.3 Å². The summed E-state index contributed by atoms with van der Waals surface area (Å²) in [5.74, 6) is -1.43. The van der Waals surface area contributed by atoms with Crippen LogP contribution in [-0.2, 0) is 0 Å². The van der Waals surface area contributed by atoms with Crippen LogP contribution in [0.1, 0.15) is 15.9 Å². The molecule has 22 heavy (non-hydrogen) atoms. The van der Waals surface area contributed by atoms with Crippen molar-refractivity contribution in [2.24, 2.45) is 5.10 Å². The number of carbonyl (C=O) groups is 1. The third-order valence-corrected chi connectivity index (χ3v) is 3.12. The molecule has 0 amide bonds. The lowest BCUT2D eigenvalue weighted by molar-refractivity contribution is 0.0697. The molecule has 0 aromatic heterocycles. The van der Waals surface area contributed by atoms with Gasteiger partial charge < -0.3 is 9.84 Å². The Balaban J connectivity index is 2.14. The number of hydrogen-bond acceptors (Lipinski definition) is 4. The molecule has 5 nitrogen and oxygen atoms in total. The van der Waals surface area contributed by atoms with Gasteiger partial charge in [0.05, 0.1) is 29.6 Å². The molecule has 0 fully saturated rings. The lowest BCUT2D eigenvalue weighted by Crippen LogP contribution is -1.98. The first-order chi connectivity index (χ1) is 10.5. The zero-order valence-corrected chi connectivity index (χ0v) is 12.3. The van der Waals surface area contributed by atoms with Crippen molar-refractivity contribution in [3.8, 4) is 5.75 Å². The van der Waals surface area contributed by atoms with E-state index in [9.17, 15) is 9.18 Å². The van der Waals surface area contributed by atoms with Gasteiger partial charge in [0, 0.05) is 0 Å². The number of hydrogen-bond donors (Lipinski definition) is 2. The molecule has 0 spiro atoms. The van der Waals surface area contributed by atoms with Crippen molar-refractivity contribution in [2.75, 3.05) is 12.5 Å². The number of benzene rings is 2. The third kappa shape index (κ3) is 3.73. The van der Waals surface area contributed by atoms with Crippen LogP contribution in [0, 0.1) is 5.82 Å². The van der Waals surface area contributed by atoms with E-state index >= 15 is 0 Å². The van der Waals surface area contributed by atoms with E-state index in [4.69, 9.17) is 21.4 Å². The summed E-state index contributed by atoms with van der Waals surface area (Å²) in [4.78, 5) is 10.9. The predicted molar refractivity (Wildman–Crippen MR) is 82.6 cm³/mol. The smallest absolute Gasteiger partial charge is 0.335 e. The van der Waals surface area contributed by atoms with E-state index in [1.54, 1.807) is 6.07 Å². The van der Waals surface area contributed by atoms with Crippen LogP contribution in [0.3, 0.4) is 0 Å². The molecule has 2 N–H and O–H groups in total. The molecule has 0 aliphatic heterocycles. The predicted octanol–water partition coefficient (Wildman–Crippen LogP) is 3.63. The first-order valence-corrected chi connectivity index (χ1v) is 6.54. The molecule has 0 saturated heterocycles. The van der Waals surface area contributed by atoms with Crippen LogP contribution in [-0.4, -0.2) is 24.4 Å². The van der Waals surface area contributed by atoms with Crippen molar-refractivity contribution < 1.29 is 19.0 Å². The molecule has 0 radical (unpaired) electrons. The highest BCUT2D eigenvalue weighted by Crippen LogP contribution is 2.23. The molecule has 0 saturated carbocycles. The average Bonchev–Trinajstić information content (AvgIpc) is 2.49. The van der Waals surface area contributed by atoms with Gasteiger partial charge in [0.2, 0.25) is 0 Å². The van der Waals surface area contributed by atoms with Crippen LogP contribution in [0.25, 0.3) is 0 Å². The molecule has 0 unspecified atom stereocenters. The number of carboxylic acid groups (broad SMARTS) is 1. The molecule has 0 bridgehead atoms. The Kier molecular flexibility index (Phi) is 4.95. The quantitative estimate of drug-likeness (QED) is 0.651. The van der Waals surface area contributed by atoms with Gasteiger partial charge in [0.1, 0.15) is 0 Å². The van der Waals surface area contributed by atoms with E-state index in [0.717, 1.165) is 0 Å². The standard InChI is InChI=1S/C15H12ClFN2O3/c1-22-14-5-2-9(6-12(14)17)8-18-19-13-7-10(15(20)21)3-4-11(13)16/h2-8,19H,1H3,(H,20,21)/b18-8-. The van der Waals surface area contributed by atoms with E-state index in [1.165, 1.54) is 43.7 Å². The fourth-order valence-corrected chi connectivity index (χ4v) is 1.84. The molecule has 0 atom stereocenters. The summed E-state index contributed by atoms with van der Waals surface area (Å²) >= 11 is 5.94. The van der Waals surface area contributed by atoms with Gasteiger partial charge in [-0.15, -0.1) is 0 Å². The van der Waals surface area contributed by atoms with E-state index in [2.05, 4.69) is 10.5 Å². The Hall–Kier alpha value is -2.60. The molecule has 2 rings (SSSR count). The molecule has 2 aromatic carbocycles. The van der Waals surface area contributed by atoms with Gasteiger partial charge in [-0.3, -0.25) is 5.43 Å². The molecule has 0 heterocycles. The second-order valence-electron chi connectivity index (χ2n) is 4.26. The number of aromatic carboxylic acids is 1. The van der Waals surface area contributed by atoms with Gasteiger partial charge in [0.15, 0.2) is 11.6 Å². The van der Waals surface area contributed by atoms with Crippen LogP contribution in [0.15, 0.2) is 41.5 Å². The Morgan fingerprint density at radius 2 is 2.14 bits per heavy atom. The summed E-state index contributed by atoms with van der Waals surface area (Å²) in [6.07, 6.45) is 1.38. The summed E-state index contributed by atoms with van der Waals surface area (Å²) in [5, 5.41) is 13.2. The number of nitrogens with one attached hydrogen (secondary N) is 1. The van der Waals surface area contributed by atoms with Crippen molar-refractivity contribution in [1.82, 2.24) is 0 Å². The maximum absolute atomic E-state index is 13.5. The van der Waals surface area contributed by atoms with Gasteiger partial charge in [0.25, 0.3) is 0 Å². The molecule has 114 valence electrons. The minimum absolute atomic E-state index is 0.0811. The van der Waals surface area contributed by atoms with E-state index in [1.807, 2.05) is 0 Å². The average molecular weight is 323 g/mol. The number of carboxylic acids is 1. The van der Waals surface area contributed by atoms with Gasteiger partial charge in [-0.2, -0.15) is 5.10 Å². The van der Waals surface area contributed by atoms with E-state index in [0.29, 0.717) is 16.3 Å². The van der Waals surface area contributed by atoms with Crippen molar-refractivity contribution in [3.05, 3.63) is 58.4 Å². The summed E-state index contributed by atoms with van der Waals surface area (Å²) in [6, 6.07) is 8.57. The van der Waals surface area contributed by atoms with Gasteiger partial charge in [-0.25, -0.2) is 9.18 Å². The SMILES string of the molecule is COc1ccc(/C=N\Nc2cc(C(=O)O)ccc2Cl)cc1F. The monoisotopic (exact) mass is 322 g/mol. The van der Waals surface area contributed by atoms with Gasteiger partial charge in [-0.05, 0) is 42.0 Å². The molecule has 0 aliphatic rings. The molecule has 0 aliphatic carbocycles. The summed E-state index contributed by atoms with van der Waals surface area (Å²) in [6.45, 7) is 0. The Morgan fingerprint density at radius 1 is 1.36 bits per heavy atom. The number of rotatable bonds is 5. The number of nitrogens with zero attached hydrogens (tertiary/aromatic N) is 1. The highest BCUT2D eigenvalue weighted by atomic mass is 35.5. The highest BCUT2D eigenvalue weighted by molar-refractivity contribution is 6.33. The second kappa shape index (κ2) is 6.91. The number of anilines is 1. The first-order valence-electron chi connectivity index (χ1n) is 6.16. The lowest BCUT2D eigenvalue weighted by Gasteiger charge is -2.05. The number of methoxy groups -OCH3 is 1. The fraction of sp³-hybridized carbons (Fsp3) is 0.0667. The first kappa shape index (κ1) is 15.8. The van der Waals surface area contributed by atoms with Crippen LogP contribution < -0.4 is 10.2 Å². The normalized spacial score (nSPS) is 10.7. The second-order valence-corrected chi connectivity index (χ2v) is 4.67. The van der Waals surface area contributed by atoms with Crippen molar-refractivity contribution in [1.29, 1.82) is 0 Å². The zero-order chi connectivity index (χ0) is 16.1. The van der Waals surface area contributed by atoms with Crippen LogP contribution >= 0.6 is 11.6 Å². The molecular weight excluding hydrogens is 311 g/mol.